The summed E-state index contributed by atoms with van der Waals surface area (Å²) in [6, 6.07) is 6.12. The zero-order chi connectivity index (χ0) is 11.3. The van der Waals surface area contributed by atoms with Gasteiger partial charge in [0.1, 0.15) is 5.75 Å². The fourth-order valence-corrected chi connectivity index (χ4v) is 1.82. The van der Waals surface area contributed by atoms with Gasteiger partial charge in [0.25, 0.3) is 0 Å². The molecule has 84 valence electrons. The summed E-state index contributed by atoms with van der Waals surface area (Å²) in [6.07, 6.45) is 0. The molecule has 0 amide bonds. The van der Waals surface area contributed by atoms with Crippen LogP contribution in [0.3, 0.4) is 0 Å². The van der Waals surface area contributed by atoms with E-state index >= 15 is 0 Å². The third kappa shape index (κ3) is 3.84. The minimum Gasteiger partial charge on any atom is -0.492 e. The normalized spacial score (nSPS) is 10.7. The monoisotopic (exact) mass is 271 g/mol. The molecule has 1 aromatic rings. The second-order valence-corrected chi connectivity index (χ2v) is 4.82. The first kappa shape index (κ1) is 12.5. The van der Waals surface area contributed by atoms with Gasteiger partial charge in [0.2, 0.25) is 0 Å². The Bertz CT molecular complexity index is 312. The SMILES string of the molecule is CNCc1cccc(Br)c1OCC(C)C. The quantitative estimate of drug-likeness (QED) is 0.888. The summed E-state index contributed by atoms with van der Waals surface area (Å²) in [4.78, 5) is 0. The van der Waals surface area contributed by atoms with Crippen molar-refractivity contribution in [1.82, 2.24) is 5.32 Å². The molecule has 0 spiro atoms. The van der Waals surface area contributed by atoms with Crippen molar-refractivity contribution in [2.24, 2.45) is 5.92 Å². The Labute approximate surface area is 100 Å². The summed E-state index contributed by atoms with van der Waals surface area (Å²) in [5.74, 6) is 1.50. The lowest BCUT2D eigenvalue weighted by atomic mass is 10.2. The minimum atomic E-state index is 0.541. The average Bonchev–Trinajstić information content (AvgIpc) is 2.17. The number of hydrogen-bond donors (Lipinski definition) is 1. The van der Waals surface area contributed by atoms with Crippen LogP contribution < -0.4 is 10.1 Å². The Morgan fingerprint density at radius 3 is 2.73 bits per heavy atom. The number of benzene rings is 1. The van der Waals surface area contributed by atoms with E-state index in [-0.39, 0.29) is 0 Å². The lowest BCUT2D eigenvalue weighted by Crippen LogP contribution is -2.10. The molecule has 0 saturated heterocycles. The van der Waals surface area contributed by atoms with E-state index in [0.29, 0.717) is 5.92 Å². The lowest BCUT2D eigenvalue weighted by Gasteiger charge is -2.14. The van der Waals surface area contributed by atoms with Crippen LogP contribution in [-0.4, -0.2) is 13.7 Å². The van der Waals surface area contributed by atoms with Gasteiger partial charge in [-0.1, -0.05) is 26.0 Å². The van der Waals surface area contributed by atoms with Crippen LogP contribution in [0.15, 0.2) is 22.7 Å². The van der Waals surface area contributed by atoms with Crippen LogP contribution in [-0.2, 0) is 6.54 Å². The highest BCUT2D eigenvalue weighted by molar-refractivity contribution is 9.10. The molecule has 0 aromatic heterocycles. The molecule has 3 heteroatoms. The highest BCUT2D eigenvalue weighted by Crippen LogP contribution is 2.29. The van der Waals surface area contributed by atoms with Gasteiger partial charge >= 0.3 is 0 Å². The second-order valence-electron chi connectivity index (χ2n) is 3.96. The van der Waals surface area contributed by atoms with Gasteiger partial charge < -0.3 is 10.1 Å². The summed E-state index contributed by atoms with van der Waals surface area (Å²) in [5.41, 5.74) is 1.19. The predicted molar refractivity (Wildman–Crippen MR) is 67.2 cm³/mol. The van der Waals surface area contributed by atoms with Gasteiger partial charge in [-0.05, 0) is 35.0 Å². The van der Waals surface area contributed by atoms with Gasteiger partial charge in [-0.15, -0.1) is 0 Å². The van der Waals surface area contributed by atoms with Gasteiger partial charge in [0, 0.05) is 12.1 Å². The highest BCUT2D eigenvalue weighted by Gasteiger charge is 2.07. The topological polar surface area (TPSA) is 21.3 Å². The largest absolute Gasteiger partial charge is 0.492 e. The van der Waals surface area contributed by atoms with Crippen LogP contribution in [0.2, 0.25) is 0 Å². The van der Waals surface area contributed by atoms with E-state index in [9.17, 15) is 0 Å². The van der Waals surface area contributed by atoms with Crippen molar-refractivity contribution >= 4 is 15.9 Å². The molecule has 0 heterocycles. The van der Waals surface area contributed by atoms with Gasteiger partial charge in [-0.2, -0.15) is 0 Å². The van der Waals surface area contributed by atoms with E-state index in [2.05, 4.69) is 41.2 Å². The Kier molecular flexibility index (Phi) is 5.12. The van der Waals surface area contributed by atoms with Crippen LogP contribution in [0.25, 0.3) is 0 Å². The molecule has 15 heavy (non-hydrogen) atoms. The van der Waals surface area contributed by atoms with Crippen molar-refractivity contribution in [2.75, 3.05) is 13.7 Å². The van der Waals surface area contributed by atoms with Gasteiger partial charge in [-0.25, -0.2) is 0 Å². The molecule has 1 rings (SSSR count). The van der Waals surface area contributed by atoms with E-state index in [0.717, 1.165) is 23.4 Å². The first-order chi connectivity index (χ1) is 7.15. The smallest absolute Gasteiger partial charge is 0.137 e. The van der Waals surface area contributed by atoms with Crippen LogP contribution in [0, 0.1) is 5.92 Å². The molecule has 0 radical (unpaired) electrons. The maximum absolute atomic E-state index is 5.80. The molecule has 0 bridgehead atoms. The lowest BCUT2D eigenvalue weighted by molar-refractivity contribution is 0.266. The Hall–Kier alpha value is -0.540. The third-order valence-electron chi connectivity index (χ3n) is 1.98. The van der Waals surface area contributed by atoms with E-state index in [4.69, 9.17) is 4.74 Å². The Morgan fingerprint density at radius 1 is 1.40 bits per heavy atom. The number of ether oxygens (including phenoxy) is 1. The molecule has 0 saturated carbocycles. The zero-order valence-corrected chi connectivity index (χ0v) is 11.1. The zero-order valence-electron chi connectivity index (χ0n) is 9.51. The Balaban J connectivity index is 2.81. The summed E-state index contributed by atoms with van der Waals surface area (Å²) in [6.45, 7) is 5.87. The van der Waals surface area contributed by atoms with Crippen molar-refractivity contribution in [3.63, 3.8) is 0 Å². The maximum atomic E-state index is 5.80. The van der Waals surface area contributed by atoms with Crippen molar-refractivity contribution in [3.05, 3.63) is 28.2 Å². The molecule has 0 aliphatic rings. The van der Waals surface area contributed by atoms with E-state index in [1.54, 1.807) is 0 Å². The van der Waals surface area contributed by atoms with Crippen LogP contribution >= 0.6 is 15.9 Å². The second kappa shape index (κ2) is 6.13. The van der Waals surface area contributed by atoms with Gasteiger partial charge in [0.15, 0.2) is 0 Å². The number of nitrogens with one attached hydrogen (secondary N) is 1. The highest BCUT2D eigenvalue weighted by atomic mass is 79.9. The van der Waals surface area contributed by atoms with Crippen molar-refractivity contribution in [1.29, 1.82) is 0 Å². The average molecular weight is 272 g/mol. The van der Waals surface area contributed by atoms with Gasteiger partial charge in [0.05, 0.1) is 11.1 Å². The first-order valence-electron chi connectivity index (χ1n) is 5.20. The van der Waals surface area contributed by atoms with Crippen molar-refractivity contribution in [2.45, 2.75) is 20.4 Å². The summed E-state index contributed by atoms with van der Waals surface area (Å²) in [7, 11) is 1.94. The maximum Gasteiger partial charge on any atom is 0.137 e. The first-order valence-corrected chi connectivity index (χ1v) is 5.99. The molecule has 0 fully saturated rings. The van der Waals surface area contributed by atoms with Crippen LogP contribution in [0.1, 0.15) is 19.4 Å². The molecular weight excluding hydrogens is 254 g/mol. The molecule has 2 nitrogen and oxygen atoms in total. The predicted octanol–water partition coefficient (Wildman–Crippen LogP) is 3.20. The number of hydrogen-bond acceptors (Lipinski definition) is 2. The van der Waals surface area contributed by atoms with Crippen LogP contribution in [0.4, 0.5) is 0 Å². The standard InChI is InChI=1S/C12H18BrNO/c1-9(2)8-15-12-10(7-14-3)5-4-6-11(12)13/h4-6,9,14H,7-8H2,1-3H3. The van der Waals surface area contributed by atoms with Gasteiger partial charge in [-0.3, -0.25) is 0 Å². The summed E-state index contributed by atoms with van der Waals surface area (Å²) >= 11 is 3.51. The van der Waals surface area contributed by atoms with Crippen molar-refractivity contribution < 1.29 is 4.74 Å². The van der Waals surface area contributed by atoms with Crippen LogP contribution in [0.5, 0.6) is 5.75 Å². The molecule has 1 aromatic carbocycles. The Morgan fingerprint density at radius 2 is 2.13 bits per heavy atom. The fraction of sp³-hybridized carbons (Fsp3) is 0.500. The molecule has 0 aliphatic carbocycles. The van der Waals surface area contributed by atoms with E-state index in [1.165, 1.54) is 5.56 Å². The number of rotatable bonds is 5. The summed E-state index contributed by atoms with van der Waals surface area (Å²) in [5, 5.41) is 3.14. The summed E-state index contributed by atoms with van der Waals surface area (Å²) < 4.78 is 6.82. The molecule has 0 aliphatic heterocycles. The molecule has 1 N–H and O–H groups in total. The molecule has 0 unspecified atom stereocenters. The van der Waals surface area contributed by atoms with E-state index < -0.39 is 0 Å². The third-order valence-corrected chi connectivity index (χ3v) is 2.60. The van der Waals surface area contributed by atoms with Crippen molar-refractivity contribution in [3.8, 4) is 5.75 Å². The molecule has 0 atom stereocenters. The minimum absolute atomic E-state index is 0.541. The molecular formula is C12H18BrNO. The number of para-hydroxylation sites is 1. The van der Waals surface area contributed by atoms with E-state index in [1.807, 2.05) is 19.2 Å². The number of halogens is 1. The fourth-order valence-electron chi connectivity index (χ4n) is 1.29.